The molecule has 4 atom stereocenters. The molecule has 5 aliphatic carbocycles. The summed E-state index contributed by atoms with van der Waals surface area (Å²) in [5.74, 6) is 6.79. The molecule has 0 aliphatic heterocycles. The second-order valence-electron chi connectivity index (χ2n) is 8.62. The summed E-state index contributed by atoms with van der Waals surface area (Å²) in [6.45, 7) is 0. The van der Waals surface area contributed by atoms with Crippen LogP contribution in [0, 0.1) is 40.9 Å². The van der Waals surface area contributed by atoms with Crippen LogP contribution in [0.3, 0.4) is 0 Å². The highest BCUT2D eigenvalue weighted by atomic mass is 16.4. The fourth-order valence-corrected chi connectivity index (χ4v) is 6.71. The first-order valence-corrected chi connectivity index (χ1v) is 9.06. The molecule has 1 aromatic rings. The number of carboxylic acids is 1. The lowest BCUT2D eigenvalue weighted by Crippen LogP contribution is -2.22. The molecule has 114 valence electrons. The molecule has 5 aliphatic rings. The van der Waals surface area contributed by atoms with Crippen LogP contribution in [-0.4, -0.2) is 11.1 Å². The lowest BCUT2D eigenvalue weighted by molar-refractivity contribution is 0.0697. The Bertz CT molecular complexity index is 647. The van der Waals surface area contributed by atoms with Crippen molar-refractivity contribution in [3.05, 3.63) is 35.4 Å². The lowest BCUT2D eigenvalue weighted by atomic mass is 9.73. The molecule has 0 saturated heterocycles. The third-order valence-electron chi connectivity index (χ3n) is 8.03. The van der Waals surface area contributed by atoms with E-state index in [1.807, 2.05) is 12.1 Å². The predicted octanol–water partition coefficient (Wildman–Crippen LogP) is 4.17. The zero-order valence-corrected chi connectivity index (χ0v) is 12.7. The van der Waals surface area contributed by atoms with Gasteiger partial charge in [0, 0.05) is 0 Å². The van der Waals surface area contributed by atoms with E-state index in [1.54, 1.807) is 18.6 Å². The van der Waals surface area contributed by atoms with Gasteiger partial charge in [0.1, 0.15) is 0 Å². The molecule has 5 fully saturated rings. The largest absolute Gasteiger partial charge is 0.478 e. The maximum Gasteiger partial charge on any atom is 0.335 e. The number of benzene rings is 1. The lowest BCUT2D eigenvalue weighted by Gasteiger charge is -2.32. The van der Waals surface area contributed by atoms with E-state index in [0.29, 0.717) is 11.5 Å². The average Bonchev–Trinajstić information content (AvgIpc) is 3.33. The number of fused-ring (bicyclic) bond motifs is 6. The second kappa shape index (κ2) is 3.60. The van der Waals surface area contributed by atoms with Gasteiger partial charge >= 0.3 is 5.97 Å². The van der Waals surface area contributed by atoms with E-state index in [2.05, 4.69) is 0 Å². The van der Waals surface area contributed by atoms with Crippen molar-refractivity contribution in [2.24, 2.45) is 40.9 Å². The van der Waals surface area contributed by atoms with Gasteiger partial charge in [-0.1, -0.05) is 12.1 Å². The Hall–Kier alpha value is -1.31. The number of aromatic carboxylic acids is 1. The molecule has 2 nitrogen and oxygen atoms in total. The van der Waals surface area contributed by atoms with Gasteiger partial charge in [-0.2, -0.15) is 0 Å². The van der Waals surface area contributed by atoms with E-state index in [4.69, 9.17) is 5.11 Å². The number of carboxylic acid groups (broad SMARTS) is 1. The van der Waals surface area contributed by atoms with Crippen LogP contribution in [0.2, 0.25) is 0 Å². The second-order valence-corrected chi connectivity index (χ2v) is 8.62. The predicted molar refractivity (Wildman–Crippen MR) is 82.6 cm³/mol. The molecule has 4 unspecified atom stereocenters. The first kappa shape index (κ1) is 12.2. The first-order chi connectivity index (χ1) is 10.7. The molecule has 1 N–H and O–H groups in total. The minimum atomic E-state index is -0.824. The van der Waals surface area contributed by atoms with Crippen molar-refractivity contribution < 1.29 is 9.90 Å². The highest BCUT2D eigenvalue weighted by Gasteiger charge is 3.01. The quantitative estimate of drug-likeness (QED) is 0.908. The molecule has 1 aromatic carbocycles. The molecule has 0 radical (unpaired) electrons. The summed E-state index contributed by atoms with van der Waals surface area (Å²) in [6, 6.07) is 7.61. The third kappa shape index (κ3) is 1.32. The zero-order valence-electron chi connectivity index (χ0n) is 12.7. The molecule has 0 heterocycles. The van der Waals surface area contributed by atoms with Gasteiger partial charge in [-0.05, 0) is 96.6 Å². The smallest absolute Gasteiger partial charge is 0.335 e. The topological polar surface area (TPSA) is 37.3 Å². The van der Waals surface area contributed by atoms with Gasteiger partial charge in [-0.3, -0.25) is 0 Å². The Morgan fingerprint density at radius 1 is 1.00 bits per heavy atom. The standard InChI is InChI=1S/C20H22O2/c21-19(22)13-7-3-11(4-8-13)10-1-5-12(6-2-10)16-17-18(16)20(17)14-9-15(14)20/h3-4,7-8,10,12,14-18H,1-2,5-6,9H2,(H,21,22). The number of rotatable bonds is 3. The average molecular weight is 294 g/mol. The molecule has 0 aromatic heterocycles. The number of hydrogen-bond donors (Lipinski definition) is 1. The summed E-state index contributed by atoms with van der Waals surface area (Å²) in [5, 5.41) is 8.99. The minimum absolute atomic E-state index is 0.406. The van der Waals surface area contributed by atoms with E-state index in [0.717, 1.165) is 17.3 Å². The summed E-state index contributed by atoms with van der Waals surface area (Å²) in [4.78, 5) is 10.9. The van der Waals surface area contributed by atoms with Crippen molar-refractivity contribution in [2.45, 2.75) is 38.0 Å². The van der Waals surface area contributed by atoms with Gasteiger partial charge < -0.3 is 5.11 Å². The molecular formula is C20H22O2. The van der Waals surface area contributed by atoms with Crippen molar-refractivity contribution in [3.63, 3.8) is 0 Å². The highest BCUT2D eigenvalue weighted by Crippen LogP contribution is 3.05. The summed E-state index contributed by atoms with van der Waals surface area (Å²) >= 11 is 0. The van der Waals surface area contributed by atoms with Crippen LogP contribution in [0.25, 0.3) is 0 Å². The summed E-state index contributed by atoms with van der Waals surface area (Å²) in [7, 11) is 0. The monoisotopic (exact) mass is 294 g/mol. The Kier molecular flexibility index (Phi) is 1.99. The van der Waals surface area contributed by atoms with E-state index >= 15 is 0 Å². The maximum atomic E-state index is 10.9. The Labute approximate surface area is 130 Å². The maximum absolute atomic E-state index is 10.9. The normalized spacial score (nSPS) is 52.6. The summed E-state index contributed by atoms with van der Waals surface area (Å²) in [5.41, 5.74) is 2.74. The first-order valence-electron chi connectivity index (χ1n) is 9.06. The Balaban J connectivity index is 1.08. The highest BCUT2D eigenvalue weighted by molar-refractivity contribution is 5.87. The van der Waals surface area contributed by atoms with E-state index in [-0.39, 0.29) is 0 Å². The summed E-state index contributed by atoms with van der Waals surface area (Å²) in [6.07, 6.45) is 7.03. The van der Waals surface area contributed by atoms with Crippen LogP contribution in [0.15, 0.2) is 24.3 Å². The Morgan fingerprint density at radius 3 is 2.14 bits per heavy atom. The van der Waals surface area contributed by atoms with Crippen LogP contribution in [0.5, 0.6) is 0 Å². The van der Waals surface area contributed by atoms with Crippen LogP contribution in [-0.2, 0) is 0 Å². The van der Waals surface area contributed by atoms with Crippen LogP contribution < -0.4 is 0 Å². The van der Waals surface area contributed by atoms with Crippen LogP contribution in [0.4, 0.5) is 0 Å². The van der Waals surface area contributed by atoms with Gasteiger partial charge in [-0.25, -0.2) is 4.79 Å². The molecule has 0 bridgehead atoms. The van der Waals surface area contributed by atoms with Gasteiger partial charge in [0.15, 0.2) is 0 Å². The van der Waals surface area contributed by atoms with Crippen molar-refractivity contribution >= 4 is 5.97 Å². The molecule has 5 saturated carbocycles. The van der Waals surface area contributed by atoms with Gasteiger partial charge in [0.2, 0.25) is 0 Å². The van der Waals surface area contributed by atoms with Crippen molar-refractivity contribution in [2.75, 3.05) is 0 Å². The fourth-order valence-electron chi connectivity index (χ4n) is 6.71. The number of hydrogen-bond acceptors (Lipinski definition) is 1. The van der Waals surface area contributed by atoms with Gasteiger partial charge in [0.25, 0.3) is 0 Å². The SMILES string of the molecule is O=C(O)c1ccc(C2CCC(C3C4C3C43C4CC43)CC2)cc1. The fraction of sp³-hybridized carbons (Fsp3) is 0.650. The summed E-state index contributed by atoms with van der Waals surface area (Å²) < 4.78 is 0. The van der Waals surface area contributed by atoms with E-state index < -0.39 is 5.97 Å². The molecule has 6 rings (SSSR count). The van der Waals surface area contributed by atoms with Gasteiger partial charge in [-0.15, -0.1) is 0 Å². The third-order valence-corrected chi connectivity index (χ3v) is 8.03. The van der Waals surface area contributed by atoms with Crippen molar-refractivity contribution in [1.29, 1.82) is 0 Å². The number of carbonyl (C=O) groups is 1. The van der Waals surface area contributed by atoms with Gasteiger partial charge in [0.05, 0.1) is 5.56 Å². The van der Waals surface area contributed by atoms with E-state index in [9.17, 15) is 4.79 Å². The van der Waals surface area contributed by atoms with E-state index in [1.165, 1.54) is 54.9 Å². The zero-order chi connectivity index (χ0) is 14.6. The molecule has 22 heavy (non-hydrogen) atoms. The Morgan fingerprint density at radius 2 is 1.64 bits per heavy atom. The molecule has 1 spiro atoms. The van der Waals surface area contributed by atoms with Crippen LogP contribution >= 0.6 is 0 Å². The van der Waals surface area contributed by atoms with Crippen molar-refractivity contribution in [3.8, 4) is 0 Å². The minimum Gasteiger partial charge on any atom is -0.478 e. The molecule has 0 amide bonds. The van der Waals surface area contributed by atoms with Crippen molar-refractivity contribution in [1.82, 2.24) is 0 Å². The molecule has 2 heteroatoms. The van der Waals surface area contributed by atoms with Crippen LogP contribution in [0.1, 0.15) is 53.9 Å². The molecular weight excluding hydrogens is 272 g/mol.